The maximum absolute atomic E-state index is 14.7. The summed E-state index contributed by atoms with van der Waals surface area (Å²) in [6.45, 7) is 8.50. The molecule has 7 rings (SSSR count). The molecule has 3 aromatic heterocycles. The highest BCUT2D eigenvalue weighted by Gasteiger charge is 2.58. The Hall–Kier alpha value is -4.83. The van der Waals surface area contributed by atoms with Gasteiger partial charge in [-0.25, -0.2) is 9.97 Å². The first-order valence-corrected chi connectivity index (χ1v) is 17.2. The highest BCUT2D eigenvalue weighted by atomic mass is 35.5. The lowest BCUT2D eigenvalue weighted by atomic mass is 9.58. The predicted molar refractivity (Wildman–Crippen MR) is 184 cm³/mol. The van der Waals surface area contributed by atoms with Crippen LogP contribution in [0.3, 0.4) is 0 Å². The fourth-order valence-electron chi connectivity index (χ4n) is 8.08. The first kappa shape index (κ1) is 35.6. The van der Waals surface area contributed by atoms with Gasteiger partial charge >= 0.3 is 6.18 Å². The standard InChI is InChI=1S/C35H36ClF3N8O5/c1-18-14-34(9-10-45(16-33(34,3)4)32(51)27-29(49)19(2)40-17-41-27)25-28(18)46(15-24(48)42-23-6-5-20(13-22(23)36)35(37,38)39)31-26(30(25)50)43-47(44-31)21-7-11-52-12-8-21/h5-7,13,17-18,49H,8-12,14-16H2,1-4H3,(H,42,48)/t18-,34+/m1/s1. The van der Waals surface area contributed by atoms with E-state index < -0.39 is 34.4 Å². The maximum atomic E-state index is 14.7. The minimum Gasteiger partial charge on any atom is -0.504 e. The van der Waals surface area contributed by atoms with Crippen molar-refractivity contribution in [1.82, 2.24) is 34.4 Å². The number of halogens is 4. The van der Waals surface area contributed by atoms with Crippen LogP contribution in [-0.2, 0) is 27.7 Å². The molecule has 13 nitrogen and oxygen atoms in total. The zero-order valence-electron chi connectivity index (χ0n) is 28.8. The molecular weight excluding hydrogens is 705 g/mol. The van der Waals surface area contributed by atoms with Crippen LogP contribution in [0.15, 0.2) is 35.4 Å². The van der Waals surface area contributed by atoms with Crippen LogP contribution < -0.4 is 10.7 Å². The molecular formula is C35H36ClF3N8O5. The number of fused-ring (bicyclic) bond motifs is 3. The highest BCUT2D eigenvalue weighted by molar-refractivity contribution is 6.33. The van der Waals surface area contributed by atoms with Gasteiger partial charge in [0.1, 0.15) is 12.9 Å². The second-order valence-corrected chi connectivity index (χ2v) is 14.7. The van der Waals surface area contributed by atoms with Crippen molar-refractivity contribution in [3.63, 3.8) is 0 Å². The van der Waals surface area contributed by atoms with Crippen LogP contribution in [0.2, 0.25) is 5.02 Å². The SMILES string of the molecule is Cc1ncnc(C(=O)N2CC[C@@]3(C[C@@H](C)c4c3c(=O)c3nn(C5=CCOCC5)nc3n4CC(=O)Nc3ccc(C(F)(F)F)cc3Cl)C(C)(C)C2)c1O. The van der Waals surface area contributed by atoms with E-state index in [9.17, 15) is 32.7 Å². The summed E-state index contributed by atoms with van der Waals surface area (Å²) in [4.78, 5) is 53.1. The van der Waals surface area contributed by atoms with Crippen molar-refractivity contribution in [1.29, 1.82) is 0 Å². The van der Waals surface area contributed by atoms with Crippen LogP contribution in [0.5, 0.6) is 5.75 Å². The van der Waals surface area contributed by atoms with Crippen molar-refractivity contribution in [2.45, 2.75) is 71.0 Å². The second kappa shape index (κ2) is 12.7. The smallest absolute Gasteiger partial charge is 0.416 e. The number of pyridine rings is 1. The molecule has 0 radical (unpaired) electrons. The highest BCUT2D eigenvalue weighted by Crippen LogP contribution is 2.58. The molecule has 0 saturated carbocycles. The van der Waals surface area contributed by atoms with Crippen molar-refractivity contribution in [3.8, 4) is 5.75 Å². The number of aryl methyl sites for hydroxylation is 1. The molecule has 1 fully saturated rings. The Bertz CT molecular complexity index is 2230. The quantitative estimate of drug-likeness (QED) is 0.278. The summed E-state index contributed by atoms with van der Waals surface area (Å²) < 4.78 is 46.9. The number of nitrogens with zero attached hydrogens (tertiary/aromatic N) is 7. The zero-order valence-corrected chi connectivity index (χ0v) is 29.6. The summed E-state index contributed by atoms with van der Waals surface area (Å²) in [5.41, 5.74) is -0.419. The van der Waals surface area contributed by atoms with E-state index in [2.05, 4.69) is 20.4 Å². The van der Waals surface area contributed by atoms with Crippen LogP contribution in [0.4, 0.5) is 18.9 Å². The zero-order chi connectivity index (χ0) is 37.3. The Morgan fingerprint density at radius 1 is 1.19 bits per heavy atom. The van der Waals surface area contributed by atoms with E-state index in [1.54, 1.807) is 16.4 Å². The van der Waals surface area contributed by atoms with E-state index in [1.807, 2.05) is 26.8 Å². The Kier molecular flexibility index (Phi) is 8.68. The predicted octanol–water partition coefficient (Wildman–Crippen LogP) is 5.29. The van der Waals surface area contributed by atoms with Gasteiger partial charge in [-0.3, -0.25) is 14.4 Å². The van der Waals surface area contributed by atoms with E-state index in [-0.39, 0.29) is 70.0 Å². The maximum Gasteiger partial charge on any atom is 0.416 e. The topological polar surface area (TPSA) is 157 Å². The third-order valence-electron chi connectivity index (χ3n) is 10.7. The molecule has 274 valence electrons. The monoisotopic (exact) mass is 740 g/mol. The van der Waals surface area contributed by atoms with Gasteiger partial charge in [0.2, 0.25) is 11.3 Å². The van der Waals surface area contributed by atoms with E-state index in [0.29, 0.717) is 43.7 Å². The summed E-state index contributed by atoms with van der Waals surface area (Å²) in [6, 6.07) is 2.68. The lowest BCUT2D eigenvalue weighted by Gasteiger charge is -2.52. The number of likely N-dealkylation sites (tertiary alicyclic amines) is 1. The molecule has 2 amide bonds. The fourth-order valence-corrected chi connectivity index (χ4v) is 8.31. The Labute approximate surface area is 300 Å². The summed E-state index contributed by atoms with van der Waals surface area (Å²) in [5.74, 6) is -1.57. The van der Waals surface area contributed by atoms with Gasteiger partial charge in [0, 0.05) is 36.2 Å². The van der Waals surface area contributed by atoms with Gasteiger partial charge < -0.3 is 24.6 Å². The normalized spacial score (nSPS) is 21.3. The number of rotatable bonds is 5. The number of hydrogen-bond acceptors (Lipinski definition) is 9. The average molecular weight is 741 g/mol. The molecule has 1 spiro atoms. The average Bonchev–Trinajstić information content (AvgIpc) is 3.67. The molecule has 52 heavy (non-hydrogen) atoms. The molecule has 17 heteroatoms. The molecule has 1 saturated heterocycles. The number of alkyl halides is 3. The van der Waals surface area contributed by atoms with Gasteiger partial charge in [0.15, 0.2) is 22.6 Å². The van der Waals surface area contributed by atoms with Gasteiger partial charge in [-0.1, -0.05) is 32.4 Å². The second-order valence-electron chi connectivity index (χ2n) is 14.3. The number of hydrogen-bond donors (Lipinski definition) is 2. The number of anilines is 1. The molecule has 1 aromatic carbocycles. The molecule has 2 aliphatic heterocycles. The van der Waals surface area contributed by atoms with E-state index in [0.717, 1.165) is 23.9 Å². The lowest BCUT2D eigenvalue weighted by molar-refractivity contribution is -0.137. The number of carbonyl (C=O) groups excluding carboxylic acids is 2. The van der Waals surface area contributed by atoms with E-state index in [4.69, 9.17) is 21.4 Å². The van der Waals surface area contributed by atoms with Gasteiger partial charge in [-0.2, -0.15) is 18.0 Å². The third-order valence-corrected chi connectivity index (χ3v) is 11.0. The van der Waals surface area contributed by atoms with Crippen molar-refractivity contribution in [2.75, 3.05) is 31.6 Å². The number of aromatic nitrogens is 6. The van der Waals surface area contributed by atoms with Crippen LogP contribution in [0, 0.1) is 12.3 Å². The van der Waals surface area contributed by atoms with Gasteiger partial charge in [0.25, 0.3) is 5.91 Å². The van der Waals surface area contributed by atoms with Crippen molar-refractivity contribution in [3.05, 3.63) is 74.1 Å². The first-order valence-electron chi connectivity index (χ1n) is 16.8. The van der Waals surface area contributed by atoms with Crippen LogP contribution in [0.25, 0.3) is 16.9 Å². The summed E-state index contributed by atoms with van der Waals surface area (Å²) in [6.07, 6.45) is -0.126. The number of carbonyl (C=O) groups is 2. The Morgan fingerprint density at radius 2 is 1.96 bits per heavy atom. The molecule has 0 unspecified atom stereocenters. The van der Waals surface area contributed by atoms with Crippen LogP contribution >= 0.6 is 11.6 Å². The molecule has 5 heterocycles. The molecule has 2 N–H and O–H groups in total. The van der Waals surface area contributed by atoms with Crippen molar-refractivity contribution in [2.24, 2.45) is 5.41 Å². The number of nitrogens with one attached hydrogen (secondary N) is 1. The summed E-state index contributed by atoms with van der Waals surface area (Å²) in [5, 5.41) is 22.3. The van der Waals surface area contributed by atoms with E-state index >= 15 is 0 Å². The van der Waals surface area contributed by atoms with Crippen molar-refractivity contribution >= 4 is 46.0 Å². The van der Waals surface area contributed by atoms with Gasteiger partial charge in [0.05, 0.1) is 40.9 Å². The van der Waals surface area contributed by atoms with Crippen molar-refractivity contribution < 1.29 is 32.6 Å². The minimum atomic E-state index is -4.61. The first-order chi connectivity index (χ1) is 24.5. The largest absolute Gasteiger partial charge is 0.504 e. The van der Waals surface area contributed by atoms with E-state index in [1.165, 1.54) is 11.1 Å². The number of benzene rings is 1. The number of amides is 2. The number of aromatic hydroxyl groups is 1. The lowest BCUT2D eigenvalue weighted by Crippen LogP contribution is -2.57. The number of piperidine rings is 1. The summed E-state index contributed by atoms with van der Waals surface area (Å²) in [7, 11) is 0. The fraction of sp³-hybridized carbons (Fsp3) is 0.457. The number of ether oxygens (including phenoxy) is 1. The molecule has 2 atom stereocenters. The minimum absolute atomic E-state index is 0.00257. The molecule has 4 aromatic rings. The molecule has 3 aliphatic rings. The van der Waals surface area contributed by atoms with Gasteiger partial charge in [-0.15, -0.1) is 10.2 Å². The summed E-state index contributed by atoms with van der Waals surface area (Å²) >= 11 is 6.17. The molecule has 0 bridgehead atoms. The molecule has 1 aliphatic carbocycles. The van der Waals surface area contributed by atoms with Crippen LogP contribution in [0.1, 0.15) is 79.0 Å². The van der Waals surface area contributed by atoms with Gasteiger partial charge in [-0.05, 0) is 55.4 Å². The third kappa shape index (κ3) is 5.81. The Balaban J connectivity index is 1.31. The van der Waals surface area contributed by atoms with Crippen LogP contribution in [-0.4, -0.2) is 77.7 Å². The Morgan fingerprint density at radius 3 is 2.63 bits per heavy atom.